The Balaban J connectivity index is 2.07. The van der Waals surface area contributed by atoms with E-state index in [2.05, 4.69) is 16.8 Å². The van der Waals surface area contributed by atoms with E-state index in [1.807, 2.05) is 24.3 Å². The second-order valence-corrected chi connectivity index (χ2v) is 4.39. The summed E-state index contributed by atoms with van der Waals surface area (Å²) < 4.78 is 0. The lowest BCUT2D eigenvalue weighted by Crippen LogP contribution is -2.44. The number of piperazine rings is 1. The molecule has 0 aromatic heterocycles. The minimum Gasteiger partial charge on any atom is -0.369 e. The number of hydrogen-bond acceptors (Lipinski definition) is 3. The van der Waals surface area contributed by atoms with E-state index in [4.69, 9.17) is 0 Å². The smallest absolute Gasteiger partial charge is 0.159 e. The summed E-state index contributed by atoms with van der Waals surface area (Å²) in [4.78, 5) is 15.9. The van der Waals surface area contributed by atoms with Gasteiger partial charge in [-0.25, -0.2) is 0 Å². The van der Waals surface area contributed by atoms with Crippen LogP contribution in [0.15, 0.2) is 24.3 Å². The molecule has 1 heterocycles. The van der Waals surface area contributed by atoms with Crippen molar-refractivity contribution in [3.8, 4) is 0 Å². The first-order chi connectivity index (χ1) is 7.66. The van der Waals surface area contributed by atoms with Gasteiger partial charge in [-0.15, -0.1) is 0 Å². The van der Waals surface area contributed by atoms with Crippen molar-refractivity contribution in [1.82, 2.24) is 4.90 Å². The summed E-state index contributed by atoms with van der Waals surface area (Å²) in [6, 6.07) is 7.91. The van der Waals surface area contributed by atoms with Gasteiger partial charge >= 0.3 is 0 Å². The van der Waals surface area contributed by atoms with Crippen LogP contribution in [0.4, 0.5) is 5.69 Å². The summed E-state index contributed by atoms with van der Waals surface area (Å²) in [5.74, 6) is 0.130. The van der Waals surface area contributed by atoms with Crippen LogP contribution in [0.1, 0.15) is 17.3 Å². The Morgan fingerprint density at radius 2 is 1.62 bits per heavy atom. The highest BCUT2D eigenvalue weighted by Gasteiger charge is 2.14. The number of Topliss-reactive ketones (excluding diaryl/α,β-unsaturated/α-hetero) is 1. The largest absolute Gasteiger partial charge is 0.369 e. The number of carbonyl (C=O) groups excluding carboxylic acids is 1. The fourth-order valence-corrected chi connectivity index (χ4v) is 1.97. The van der Waals surface area contributed by atoms with Gasteiger partial charge in [0, 0.05) is 37.4 Å². The van der Waals surface area contributed by atoms with E-state index in [-0.39, 0.29) is 5.78 Å². The molecule has 1 aliphatic rings. The van der Waals surface area contributed by atoms with E-state index < -0.39 is 0 Å². The first-order valence-corrected chi connectivity index (χ1v) is 5.71. The molecule has 16 heavy (non-hydrogen) atoms. The van der Waals surface area contributed by atoms with Gasteiger partial charge in [-0.05, 0) is 38.2 Å². The first-order valence-electron chi connectivity index (χ1n) is 5.71. The molecule has 0 atom stereocenters. The molecule has 3 nitrogen and oxygen atoms in total. The van der Waals surface area contributed by atoms with E-state index in [1.165, 1.54) is 5.69 Å². The number of benzene rings is 1. The van der Waals surface area contributed by atoms with Crippen molar-refractivity contribution in [2.75, 3.05) is 38.1 Å². The standard InChI is InChI=1S/C13H18N2O/c1-11(16)12-3-5-13(6-4-12)15-9-7-14(2)8-10-15/h3-6H,7-10H2,1-2H3. The normalized spacial score (nSPS) is 17.5. The average molecular weight is 218 g/mol. The van der Waals surface area contributed by atoms with Crippen LogP contribution in [-0.2, 0) is 0 Å². The topological polar surface area (TPSA) is 23.6 Å². The maximum Gasteiger partial charge on any atom is 0.159 e. The summed E-state index contributed by atoms with van der Waals surface area (Å²) in [5, 5.41) is 0. The SMILES string of the molecule is CC(=O)c1ccc(N2CCN(C)CC2)cc1. The molecule has 0 radical (unpaired) electrons. The van der Waals surface area contributed by atoms with Crippen molar-refractivity contribution < 1.29 is 4.79 Å². The predicted molar refractivity (Wildman–Crippen MR) is 66.2 cm³/mol. The molecule has 1 saturated heterocycles. The number of hydrogen-bond donors (Lipinski definition) is 0. The van der Waals surface area contributed by atoms with Crippen LogP contribution in [0.2, 0.25) is 0 Å². The molecule has 86 valence electrons. The van der Waals surface area contributed by atoms with E-state index in [0.29, 0.717) is 0 Å². The molecule has 0 amide bonds. The Kier molecular flexibility index (Phi) is 3.25. The lowest BCUT2D eigenvalue weighted by atomic mass is 10.1. The maximum absolute atomic E-state index is 11.2. The molecule has 1 aromatic carbocycles. The van der Waals surface area contributed by atoms with Crippen LogP contribution in [0.5, 0.6) is 0 Å². The summed E-state index contributed by atoms with van der Waals surface area (Å²) in [6.07, 6.45) is 0. The molecule has 0 aliphatic carbocycles. The highest BCUT2D eigenvalue weighted by atomic mass is 16.1. The molecule has 2 rings (SSSR count). The third-order valence-electron chi connectivity index (χ3n) is 3.14. The molecule has 0 saturated carbocycles. The van der Waals surface area contributed by atoms with Crippen LogP contribution in [0, 0.1) is 0 Å². The molecule has 1 fully saturated rings. The molecule has 0 unspecified atom stereocenters. The summed E-state index contributed by atoms with van der Waals surface area (Å²) in [5.41, 5.74) is 2.01. The van der Waals surface area contributed by atoms with Crippen LogP contribution >= 0.6 is 0 Å². The summed E-state index contributed by atoms with van der Waals surface area (Å²) >= 11 is 0. The highest BCUT2D eigenvalue weighted by Crippen LogP contribution is 2.17. The van der Waals surface area contributed by atoms with Crippen LogP contribution in [0.25, 0.3) is 0 Å². The fourth-order valence-electron chi connectivity index (χ4n) is 1.97. The Labute approximate surface area is 96.7 Å². The zero-order valence-corrected chi connectivity index (χ0v) is 9.94. The minimum absolute atomic E-state index is 0.130. The van der Waals surface area contributed by atoms with E-state index >= 15 is 0 Å². The van der Waals surface area contributed by atoms with Gasteiger partial charge in [-0.3, -0.25) is 4.79 Å². The highest BCUT2D eigenvalue weighted by molar-refractivity contribution is 5.94. The van der Waals surface area contributed by atoms with Crippen molar-refractivity contribution in [3.05, 3.63) is 29.8 Å². The molecule has 0 N–H and O–H groups in total. The lowest BCUT2D eigenvalue weighted by molar-refractivity contribution is 0.101. The summed E-state index contributed by atoms with van der Waals surface area (Å²) in [6.45, 7) is 5.94. The molecule has 3 heteroatoms. The van der Waals surface area contributed by atoms with Gasteiger partial charge < -0.3 is 9.80 Å². The monoisotopic (exact) mass is 218 g/mol. The van der Waals surface area contributed by atoms with Gasteiger partial charge in [-0.1, -0.05) is 0 Å². The molecule has 0 spiro atoms. The molecule has 1 aromatic rings. The molecule has 0 bridgehead atoms. The number of ketones is 1. The average Bonchev–Trinajstić information content (AvgIpc) is 2.30. The zero-order valence-electron chi connectivity index (χ0n) is 9.94. The van der Waals surface area contributed by atoms with Crippen molar-refractivity contribution in [1.29, 1.82) is 0 Å². The number of carbonyl (C=O) groups is 1. The third-order valence-corrected chi connectivity index (χ3v) is 3.14. The van der Waals surface area contributed by atoms with Gasteiger partial charge in [0.1, 0.15) is 0 Å². The van der Waals surface area contributed by atoms with Crippen LogP contribution in [0.3, 0.4) is 0 Å². The first kappa shape index (κ1) is 11.1. The second-order valence-electron chi connectivity index (χ2n) is 4.39. The minimum atomic E-state index is 0.130. The number of anilines is 1. The van der Waals surface area contributed by atoms with Gasteiger partial charge in [0.05, 0.1) is 0 Å². The van der Waals surface area contributed by atoms with Gasteiger partial charge in [0.15, 0.2) is 5.78 Å². The molecule has 1 aliphatic heterocycles. The van der Waals surface area contributed by atoms with Crippen molar-refractivity contribution in [3.63, 3.8) is 0 Å². The van der Waals surface area contributed by atoms with E-state index in [0.717, 1.165) is 31.7 Å². The van der Waals surface area contributed by atoms with E-state index in [9.17, 15) is 4.79 Å². The predicted octanol–water partition coefficient (Wildman–Crippen LogP) is 1.64. The van der Waals surface area contributed by atoms with Crippen molar-refractivity contribution in [2.24, 2.45) is 0 Å². The Morgan fingerprint density at radius 1 is 1.06 bits per heavy atom. The Hall–Kier alpha value is -1.35. The van der Waals surface area contributed by atoms with Crippen molar-refractivity contribution >= 4 is 11.5 Å². The maximum atomic E-state index is 11.2. The molecular formula is C13H18N2O. The third kappa shape index (κ3) is 2.42. The van der Waals surface area contributed by atoms with Gasteiger partial charge in [0.2, 0.25) is 0 Å². The van der Waals surface area contributed by atoms with Crippen molar-refractivity contribution in [2.45, 2.75) is 6.92 Å². The van der Waals surface area contributed by atoms with Crippen LogP contribution in [-0.4, -0.2) is 43.9 Å². The Morgan fingerprint density at radius 3 is 2.12 bits per heavy atom. The Bertz CT molecular complexity index is 364. The number of nitrogens with zero attached hydrogens (tertiary/aromatic N) is 2. The number of likely N-dealkylation sites (N-methyl/N-ethyl adjacent to an activating group) is 1. The van der Waals surface area contributed by atoms with Gasteiger partial charge in [0.25, 0.3) is 0 Å². The van der Waals surface area contributed by atoms with Crippen LogP contribution < -0.4 is 4.90 Å². The van der Waals surface area contributed by atoms with E-state index in [1.54, 1.807) is 6.92 Å². The number of rotatable bonds is 2. The molecular weight excluding hydrogens is 200 g/mol. The quantitative estimate of drug-likeness (QED) is 0.705. The second kappa shape index (κ2) is 4.66. The fraction of sp³-hybridized carbons (Fsp3) is 0.462. The lowest BCUT2D eigenvalue weighted by Gasteiger charge is -2.34. The van der Waals surface area contributed by atoms with Gasteiger partial charge in [-0.2, -0.15) is 0 Å². The zero-order chi connectivity index (χ0) is 11.5. The summed E-state index contributed by atoms with van der Waals surface area (Å²) in [7, 11) is 2.15.